The second-order valence-electron chi connectivity index (χ2n) is 4.32. The molecule has 0 fully saturated rings. The number of nitrogens with one attached hydrogen (secondary N) is 1. The van der Waals surface area contributed by atoms with Gasteiger partial charge in [-0.2, -0.15) is 8.42 Å². The number of nitrogens with two attached hydrogens (primary N) is 1. The molecule has 0 aliphatic heterocycles. The molecule has 3 N–H and O–H groups in total. The molecule has 2 aromatic rings. The van der Waals surface area contributed by atoms with Gasteiger partial charge in [-0.3, -0.25) is 4.72 Å². The molecule has 1 aromatic heterocycles. The maximum atomic E-state index is 12.0. The van der Waals surface area contributed by atoms with Gasteiger partial charge in [-0.15, -0.1) is 0 Å². The van der Waals surface area contributed by atoms with Gasteiger partial charge in [0.2, 0.25) is 0 Å². The quantitative estimate of drug-likeness (QED) is 0.806. The van der Waals surface area contributed by atoms with Gasteiger partial charge in [0, 0.05) is 25.4 Å². The predicted octanol–water partition coefficient (Wildman–Crippen LogP) is 1.05. The smallest absolute Gasteiger partial charge is 0.280 e. The zero-order valence-electron chi connectivity index (χ0n) is 10.8. The summed E-state index contributed by atoms with van der Waals surface area (Å²) in [6.45, 7) is 0. The van der Waals surface area contributed by atoms with Gasteiger partial charge in [-0.1, -0.05) is 24.4 Å². The van der Waals surface area contributed by atoms with Crippen LogP contribution >= 0.6 is 12.2 Å². The van der Waals surface area contributed by atoms with Crippen molar-refractivity contribution in [1.82, 2.24) is 9.55 Å². The van der Waals surface area contributed by atoms with E-state index < -0.39 is 10.0 Å². The van der Waals surface area contributed by atoms with Gasteiger partial charge < -0.3 is 10.3 Å². The fourth-order valence-corrected chi connectivity index (χ4v) is 2.84. The molecular weight excluding hydrogens is 296 g/mol. The van der Waals surface area contributed by atoms with Crippen LogP contribution in [0.15, 0.2) is 41.8 Å². The predicted molar refractivity (Wildman–Crippen MR) is 80.9 cm³/mol. The minimum Gasteiger partial charge on any atom is -0.393 e. The Morgan fingerprint density at radius 2 is 2.05 bits per heavy atom. The summed E-state index contributed by atoms with van der Waals surface area (Å²) in [5.41, 5.74) is 6.84. The Hall–Kier alpha value is -1.93. The van der Waals surface area contributed by atoms with E-state index in [0.717, 1.165) is 5.56 Å². The van der Waals surface area contributed by atoms with Crippen molar-refractivity contribution < 1.29 is 8.42 Å². The largest absolute Gasteiger partial charge is 0.393 e. The SMILES string of the molecule is Cn1cnc(S(=O)(=O)Nc2ccc(CC(N)=S)cc2)c1. The van der Waals surface area contributed by atoms with Crippen LogP contribution in [0.1, 0.15) is 5.56 Å². The molecule has 0 atom stereocenters. The second kappa shape index (κ2) is 5.59. The van der Waals surface area contributed by atoms with E-state index in [4.69, 9.17) is 18.0 Å². The molecule has 106 valence electrons. The monoisotopic (exact) mass is 310 g/mol. The van der Waals surface area contributed by atoms with Crippen LogP contribution in [-0.4, -0.2) is 23.0 Å². The first-order valence-corrected chi connectivity index (χ1v) is 7.64. The summed E-state index contributed by atoms with van der Waals surface area (Å²) in [5.74, 6) is 0. The van der Waals surface area contributed by atoms with E-state index in [2.05, 4.69) is 9.71 Å². The highest BCUT2D eigenvalue weighted by atomic mass is 32.2. The lowest BCUT2D eigenvalue weighted by Gasteiger charge is -2.06. The Labute approximate surface area is 122 Å². The minimum absolute atomic E-state index is 0.0211. The Balaban J connectivity index is 2.15. The van der Waals surface area contributed by atoms with E-state index in [1.165, 1.54) is 12.5 Å². The van der Waals surface area contributed by atoms with Gasteiger partial charge in [-0.25, -0.2) is 4.98 Å². The van der Waals surface area contributed by atoms with Crippen molar-refractivity contribution >= 4 is 32.9 Å². The Kier molecular flexibility index (Phi) is 4.05. The van der Waals surface area contributed by atoms with Gasteiger partial charge in [0.25, 0.3) is 10.0 Å². The standard InChI is InChI=1S/C12H14N4O2S2/c1-16-7-12(14-8-16)20(17,18)15-10-4-2-9(3-5-10)6-11(13)19/h2-5,7-8,15H,6H2,1H3,(H2,13,19). The molecule has 0 saturated heterocycles. The van der Waals surface area contributed by atoms with E-state index in [-0.39, 0.29) is 5.03 Å². The summed E-state index contributed by atoms with van der Waals surface area (Å²) in [5, 5.41) is -0.0211. The summed E-state index contributed by atoms with van der Waals surface area (Å²) in [6.07, 6.45) is 3.35. The molecule has 0 unspecified atom stereocenters. The first-order valence-electron chi connectivity index (χ1n) is 5.75. The minimum atomic E-state index is -3.66. The Morgan fingerprint density at radius 1 is 1.40 bits per heavy atom. The van der Waals surface area contributed by atoms with Crippen LogP contribution < -0.4 is 10.5 Å². The van der Waals surface area contributed by atoms with Crippen LogP contribution in [0.2, 0.25) is 0 Å². The second-order valence-corrected chi connectivity index (χ2v) is 6.48. The number of benzene rings is 1. The molecule has 8 heteroatoms. The van der Waals surface area contributed by atoms with Crippen LogP contribution in [0.25, 0.3) is 0 Å². The number of nitrogens with zero attached hydrogens (tertiary/aromatic N) is 2. The van der Waals surface area contributed by atoms with Crippen LogP contribution in [0.5, 0.6) is 0 Å². The molecule has 1 aromatic carbocycles. The summed E-state index contributed by atoms with van der Waals surface area (Å²) < 4.78 is 28.1. The zero-order valence-corrected chi connectivity index (χ0v) is 12.4. The number of rotatable bonds is 5. The summed E-state index contributed by atoms with van der Waals surface area (Å²) in [4.78, 5) is 4.21. The normalized spacial score (nSPS) is 11.2. The molecular formula is C12H14N4O2S2. The van der Waals surface area contributed by atoms with Crippen molar-refractivity contribution in [3.8, 4) is 0 Å². The number of imidazole rings is 1. The third kappa shape index (κ3) is 3.55. The topological polar surface area (TPSA) is 90.0 Å². The molecule has 1 heterocycles. The summed E-state index contributed by atoms with van der Waals surface area (Å²) >= 11 is 4.82. The number of hydrogen-bond donors (Lipinski definition) is 2. The van der Waals surface area contributed by atoms with Gasteiger partial charge in [0.15, 0.2) is 5.03 Å². The molecule has 0 aliphatic carbocycles. The van der Waals surface area contributed by atoms with E-state index >= 15 is 0 Å². The van der Waals surface area contributed by atoms with Crippen LogP contribution in [0.4, 0.5) is 5.69 Å². The molecule has 6 nitrogen and oxygen atoms in total. The lowest BCUT2D eigenvalue weighted by Crippen LogP contribution is -2.14. The van der Waals surface area contributed by atoms with E-state index in [1.807, 2.05) is 0 Å². The number of aryl methyl sites for hydroxylation is 1. The van der Waals surface area contributed by atoms with E-state index in [1.54, 1.807) is 35.9 Å². The summed E-state index contributed by atoms with van der Waals surface area (Å²) in [6, 6.07) is 6.87. The van der Waals surface area contributed by atoms with Crippen molar-refractivity contribution in [2.45, 2.75) is 11.4 Å². The molecule has 0 aliphatic rings. The van der Waals surface area contributed by atoms with Crippen LogP contribution in [-0.2, 0) is 23.5 Å². The fourth-order valence-electron chi connectivity index (χ4n) is 1.63. The zero-order chi connectivity index (χ0) is 14.8. The van der Waals surface area contributed by atoms with Gasteiger partial charge in [0.05, 0.1) is 11.3 Å². The molecule has 0 saturated carbocycles. The molecule has 0 radical (unpaired) electrons. The van der Waals surface area contributed by atoms with E-state index in [9.17, 15) is 8.42 Å². The Morgan fingerprint density at radius 3 is 2.55 bits per heavy atom. The average Bonchev–Trinajstić information content (AvgIpc) is 2.78. The van der Waals surface area contributed by atoms with Crippen molar-refractivity contribution in [1.29, 1.82) is 0 Å². The van der Waals surface area contributed by atoms with Crippen molar-refractivity contribution in [2.24, 2.45) is 12.8 Å². The third-order valence-corrected chi connectivity index (χ3v) is 3.95. The van der Waals surface area contributed by atoms with Crippen LogP contribution in [0.3, 0.4) is 0 Å². The molecule has 2 rings (SSSR count). The molecule has 0 bridgehead atoms. The number of hydrogen-bond acceptors (Lipinski definition) is 4. The maximum Gasteiger partial charge on any atom is 0.280 e. The third-order valence-electron chi connectivity index (χ3n) is 2.54. The highest BCUT2D eigenvalue weighted by molar-refractivity contribution is 7.92. The van der Waals surface area contributed by atoms with Gasteiger partial charge in [-0.05, 0) is 17.7 Å². The number of aromatic nitrogens is 2. The van der Waals surface area contributed by atoms with Crippen molar-refractivity contribution in [2.75, 3.05) is 4.72 Å². The molecule has 20 heavy (non-hydrogen) atoms. The average molecular weight is 310 g/mol. The lowest BCUT2D eigenvalue weighted by atomic mass is 10.1. The maximum absolute atomic E-state index is 12.0. The highest BCUT2D eigenvalue weighted by Crippen LogP contribution is 2.15. The molecule has 0 amide bonds. The first kappa shape index (κ1) is 14.5. The molecule has 0 spiro atoms. The fraction of sp³-hybridized carbons (Fsp3) is 0.167. The van der Waals surface area contributed by atoms with Gasteiger partial charge in [0.1, 0.15) is 0 Å². The van der Waals surface area contributed by atoms with E-state index in [0.29, 0.717) is 17.1 Å². The van der Waals surface area contributed by atoms with Crippen molar-refractivity contribution in [3.05, 3.63) is 42.4 Å². The van der Waals surface area contributed by atoms with Crippen molar-refractivity contribution in [3.63, 3.8) is 0 Å². The van der Waals surface area contributed by atoms with Gasteiger partial charge >= 0.3 is 0 Å². The number of sulfonamides is 1. The first-order chi connectivity index (χ1) is 9.37. The Bertz CT molecular complexity index is 720. The number of thiocarbonyl (C=S) groups is 1. The highest BCUT2D eigenvalue weighted by Gasteiger charge is 2.16. The summed E-state index contributed by atoms with van der Waals surface area (Å²) in [7, 11) is -1.96. The number of anilines is 1. The van der Waals surface area contributed by atoms with Crippen LogP contribution in [0, 0.1) is 0 Å². The lowest BCUT2D eigenvalue weighted by molar-refractivity contribution is 0.598.